The molecule has 1 N–H and O–H groups in total. The first kappa shape index (κ1) is 24.2. The van der Waals surface area contributed by atoms with Crippen molar-refractivity contribution in [3.8, 4) is 5.75 Å². The van der Waals surface area contributed by atoms with Gasteiger partial charge in [-0.05, 0) is 61.7 Å². The molecule has 0 bridgehead atoms. The number of hydrogen-bond acceptors (Lipinski definition) is 5. The number of carbonyl (C=O) groups is 1. The second-order valence-corrected chi connectivity index (χ2v) is 10.5. The predicted octanol–water partition coefficient (Wildman–Crippen LogP) is 3.81. The Kier molecular flexibility index (Phi) is 7.92. The Labute approximate surface area is 191 Å². The Morgan fingerprint density at radius 2 is 1.84 bits per heavy atom. The van der Waals surface area contributed by atoms with E-state index in [0.29, 0.717) is 11.3 Å². The average Bonchev–Trinajstić information content (AvgIpc) is 3.00. The van der Waals surface area contributed by atoms with Crippen LogP contribution in [0.4, 0.5) is 5.69 Å². The predicted molar refractivity (Wildman–Crippen MR) is 126 cm³/mol. The Bertz CT molecular complexity index is 1040. The molecular weight excluding hydrogens is 426 g/mol. The minimum absolute atomic E-state index is 0.150. The molecule has 0 aromatic heterocycles. The van der Waals surface area contributed by atoms with Crippen molar-refractivity contribution in [2.75, 3.05) is 39.6 Å². The van der Waals surface area contributed by atoms with Gasteiger partial charge in [0.25, 0.3) is 0 Å². The topological polar surface area (TPSA) is 79.0 Å². The summed E-state index contributed by atoms with van der Waals surface area (Å²) in [6.07, 6.45) is 4.32. The van der Waals surface area contributed by atoms with Gasteiger partial charge in [0, 0.05) is 25.8 Å². The van der Waals surface area contributed by atoms with Crippen LogP contribution in [0.2, 0.25) is 0 Å². The largest absolute Gasteiger partial charge is 0.497 e. The number of rotatable bonds is 7. The number of nitrogens with one attached hydrogen (secondary N) is 1. The molecule has 3 rings (SSSR count). The van der Waals surface area contributed by atoms with E-state index in [-0.39, 0.29) is 23.4 Å². The van der Waals surface area contributed by atoms with Gasteiger partial charge < -0.3 is 10.1 Å². The van der Waals surface area contributed by atoms with Crippen molar-refractivity contribution in [3.05, 3.63) is 53.6 Å². The summed E-state index contributed by atoms with van der Waals surface area (Å²) >= 11 is 0. The Balaban J connectivity index is 1.76. The van der Waals surface area contributed by atoms with Crippen LogP contribution < -0.4 is 10.1 Å². The highest BCUT2D eigenvalue weighted by atomic mass is 32.2. The Hall–Kier alpha value is -2.42. The summed E-state index contributed by atoms with van der Waals surface area (Å²) in [4.78, 5) is 15.3. The highest BCUT2D eigenvalue weighted by Gasteiger charge is 2.25. The van der Waals surface area contributed by atoms with E-state index in [2.05, 4.69) is 22.3 Å². The second-order valence-electron chi connectivity index (χ2n) is 8.42. The third kappa shape index (κ3) is 5.68. The number of ether oxygens (including phenoxy) is 1. The molecule has 32 heavy (non-hydrogen) atoms. The molecule has 1 atom stereocenters. The van der Waals surface area contributed by atoms with Crippen molar-refractivity contribution >= 4 is 21.6 Å². The van der Waals surface area contributed by atoms with Crippen molar-refractivity contribution < 1.29 is 17.9 Å². The number of sulfonamides is 1. The molecule has 2 aromatic carbocycles. The van der Waals surface area contributed by atoms with Gasteiger partial charge >= 0.3 is 0 Å². The smallest absolute Gasteiger partial charge is 0.242 e. The Morgan fingerprint density at radius 3 is 2.50 bits per heavy atom. The number of methoxy groups -OCH3 is 1. The molecule has 1 aliphatic heterocycles. The first-order valence-electron chi connectivity index (χ1n) is 10.9. The number of nitrogens with zero attached hydrogens (tertiary/aromatic N) is 2. The van der Waals surface area contributed by atoms with Crippen LogP contribution in [-0.2, 0) is 14.8 Å². The van der Waals surface area contributed by atoms with Gasteiger partial charge in [-0.15, -0.1) is 0 Å². The van der Waals surface area contributed by atoms with Gasteiger partial charge in [0.2, 0.25) is 15.9 Å². The highest BCUT2D eigenvalue weighted by Crippen LogP contribution is 2.31. The number of amides is 1. The summed E-state index contributed by atoms with van der Waals surface area (Å²) < 4.78 is 31.6. The summed E-state index contributed by atoms with van der Waals surface area (Å²) in [6, 6.07) is 13.2. The van der Waals surface area contributed by atoms with E-state index in [9.17, 15) is 13.2 Å². The lowest BCUT2D eigenvalue weighted by atomic mass is 10.0. The van der Waals surface area contributed by atoms with Crippen molar-refractivity contribution in [1.82, 2.24) is 9.21 Å². The lowest BCUT2D eigenvalue weighted by molar-refractivity contribution is -0.117. The number of anilines is 1. The number of hydrogen-bond donors (Lipinski definition) is 1. The SMILES string of the molecule is COc1ccc(C2CCCCCN2CC(=O)Nc2ccc(C)c(S(=O)(=O)N(C)C)c2)cc1. The van der Waals surface area contributed by atoms with Crippen LogP contribution in [0, 0.1) is 6.92 Å². The monoisotopic (exact) mass is 459 g/mol. The van der Waals surface area contributed by atoms with Gasteiger partial charge in [0.15, 0.2) is 0 Å². The molecule has 0 aliphatic carbocycles. The maximum atomic E-state index is 12.9. The standard InChI is InChI=1S/C24H33N3O4S/c1-18-9-12-20(16-23(18)32(29,30)26(2)3)25-24(28)17-27-15-7-5-6-8-22(27)19-10-13-21(31-4)14-11-19/h9-14,16,22H,5-8,15,17H2,1-4H3,(H,25,28). The van der Waals surface area contributed by atoms with Gasteiger partial charge in [0.05, 0.1) is 18.6 Å². The molecule has 7 nitrogen and oxygen atoms in total. The molecule has 1 fully saturated rings. The van der Waals surface area contributed by atoms with Crippen LogP contribution in [0.15, 0.2) is 47.4 Å². The third-order valence-corrected chi connectivity index (χ3v) is 7.90. The second kappa shape index (κ2) is 10.5. The van der Waals surface area contributed by atoms with Crippen LogP contribution in [0.25, 0.3) is 0 Å². The molecule has 1 amide bonds. The molecule has 1 saturated heterocycles. The zero-order chi connectivity index (χ0) is 23.3. The minimum Gasteiger partial charge on any atom is -0.497 e. The molecule has 0 saturated carbocycles. The summed E-state index contributed by atoms with van der Waals surface area (Å²) in [5, 5.41) is 2.89. The van der Waals surface area contributed by atoms with Gasteiger partial charge in [-0.1, -0.05) is 31.0 Å². The number of carbonyl (C=O) groups excluding carboxylic acids is 1. The van der Waals surface area contributed by atoms with Crippen LogP contribution >= 0.6 is 0 Å². The molecule has 1 aliphatic rings. The van der Waals surface area contributed by atoms with Gasteiger partial charge in [-0.25, -0.2) is 12.7 Å². The summed E-state index contributed by atoms with van der Waals surface area (Å²) in [7, 11) is 1.06. The van der Waals surface area contributed by atoms with Crippen LogP contribution in [0.1, 0.15) is 42.9 Å². The van der Waals surface area contributed by atoms with E-state index in [1.807, 2.05) is 12.1 Å². The van der Waals surface area contributed by atoms with Gasteiger partial charge in [0.1, 0.15) is 5.75 Å². The Morgan fingerprint density at radius 1 is 1.12 bits per heavy atom. The van der Waals surface area contributed by atoms with Gasteiger partial charge in [-0.2, -0.15) is 0 Å². The molecule has 1 unspecified atom stereocenters. The van der Waals surface area contributed by atoms with E-state index in [1.54, 1.807) is 26.2 Å². The molecule has 0 spiro atoms. The van der Waals surface area contributed by atoms with Crippen molar-refractivity contribution in [3.63, 3.8) is 0 Å². The van der Waals surface area contributed by atoms with Crippen LogP contribution in [-0.4, -0.2) is 57.8 Å². The maximum Gasteiger partial charge on any atom is 0.242 e. The van der Waals surface area contributed by atoms with E-state index in [1.165, 1.54) is 30.0 Å². The summed E-state index contributed by atoms with van der Waals surface area (Å²) in [5.41, 5.74) is 2.30. The van der Waals surface area contributed by atoms with Crippen molar-refractivity contribution in [2.45, 2.75) is 43.5 Å². The molecule has 0 radical (unpaired) electrons. The van der Waals surface area contributed by atoms with Crippen LogP contribution in [0.3, 0.4) is 0 Å². The molecule has 174 valence electrons. The molecular formula is C24H33N3O4S. The number of likely N-dealkylation sites (tertiary alicyclic amines) is 1. The van der Waals surface area contributed by atoms with E-state index < -0.39 is 10.0 Å². The summed E-state index contributed by atoms with van der Waals surface area (Å²) in [5.74, 6) is 0.664. The quantitative estimate of drug-likeness (QED) is 0.681. The zero-order valence-electron chi connectivity index (χ0n) is 19.3. The van der Waals surface area contributed by atoms with Gasteiger partial charge in [-0.3, -0.25) is 9.69 Å². The third-order valence-electron chi connectivity index (χ3n) is 5.94. The lowest BCUT2D eigenvalue weighted by Gasteiger charge is -2.30. The lowest BCUT2D eigenvalue weighted by Crippen LogP contribution is -2.36. The van der Waals surface area contributed by atoms with Crippen molar-refractivity contribution in [2.24, 2.45) is 0 Å². The number of aryl methyl sites for hydroxylation is 1. The van der Waals surface area contributed by atoms with E-state index >= 15 is 0 Å². The normalized spacial score (nSPS) is 17.7. The highest BCUT2D eigenvalue weighted by molar-refractivity contribution is 7.89. The first-order chi connectivity index (χ1) is 15.2. The molecule has 8 heteroatoms. The average molecular weight is 460 g/mol. The van der Waals surface area contributed by atoms with E-state index in [4.69, 9.17) is 4.74 Å². The first-order valence-corrected chi connectivity index (χ1v) is 12.4. The minimum atomic E-state index is -3.59. The fraction of sp³-hybridized carbons (Fsp3) is 0.458. The van der Waals surface area contributed by atoms with Crippen LogP contribution in [0.5, 0.6) is 5.75 Å². The number of benzene rings is 2. The molecule has 2 aromatic rings. The summed E-state index contributed by atoms with van der Waals surface area (Å²) in [6.45, 7) is 2.84. The van der Waals surface area contributed by atoms with Crippen molar-refractivity contribution in [1.29, 1.82) is 0 Å². The fourth-order valence-corrected chi connectivity index (χ4v) is 5.24. The molecule has 1 heterocycles. The maximum absolute atomic E-state index is 12.9. The fourth-order valence-electron chi connectivity index (χ4n) is 4.10. The zero-order valence-corrected chi connectivity index (χ0v) is 20.1. The van der Waals surface area contributed by atoms with E-state index in [0.717, 1.165) is 38.0 Å².